The first kappa shape index (κ1) is 11.3. The molecule has 0 N–H and O–H groups in total. The minimum absolute atomic E-state index is 0.00393. The van der Waals surface area contributed by atoms with Gasteiger partial charge in [-0.1, -0.05) is 28.8 Å². The smallest absolute Gasteiger partial charge is 0.275 e. The molecule has 1 aromatic carbocycles. The van der Waals surface area contributed by atoms with Gasteiger partial charge in [0.1, 0.15) is 0 Å². The summed E-state index contributed by atoms with van der Waals surface area (Å²) in [4.78, 5) is 15.1. The number of amides is 1. The van der Waals surface area contributed by atoms with Gasteiger partial charge in [0, 0.05) is 13.1 Å². The van der Waals surface area contributed by atoms with Gasteiger partial charge in [0.2, 0.25) is 0 Å². The number of aromatic nitrogens is 2. The Morgan fingerprint density at radius 2 is 2.11 bits per heavy atom. The van der Waals surface area contributed by atoms with Gasteiger partial charge in [0.25, 0.3) is 5.91 Å². The van der Waals surface area contributed by atoms with Crippen LogP contribution in [0, 0.1) is 6.92 Å². The number of rotatable bonds is 1. The highest BCUT2D eigenvalue weighted by molar-refractivity contribution is 7.05. The molecule has 0 radical (unpaired) electrons. The predicted molar refractivity (Wildman–Crippen MR) is 69.5 cm³/mol. The molecule has 0 aliphatic carbocycles. The third-order valence-electron chi connectivity index (χ3n) is 3.27. The van der Waals surface area contributed by atoms with E-state index in [0.717, 1.165) is 17.8 Å². The molecule has 4 nitrogen and oxygen atoms in total. The van der Waals surface area contributed by atoms with Crippen molar-refractivity contribution < 1.29 is 4.79 Å². The molecule has 92 valence electrons. The summed E-state index contributed by atoms with van der Waals surface area (Å²) in [6.45, 7) is 3.31. The zero-order chi connectivity index (χ0) is 12.5. The van der Waals surface area contributed by atoms with E-state index >= 15 is 0 Å². The van der Waals surface area contributed by atoms with Gasteiger partial charge < -0.3 is 4.90 Å². The number of hydrogen-bond acceptors (Lipinski definition) is 4. The molecule has 3 rings (SSSR count). The van der Waals surface area contributed by atoms with E-state index in [1.165, 1.54) is 22.7 Å². The van der Waals surface area contributed by atoms with Crippen molar-refractivity contribution in [3.63, 3.8) is 0 Å². The molecular formula is C13H13N3OS. The van der Waals surface area contributed by atoms with E-state index in [9.17, 15) is 4.79 Å². The third-order valence-corrected chi connectivity index (χ3v) is 3.90. The van der Waals surface area contributed by atoms with Crippen LogP contribution >= 0.6 is 11.5 Å². The average molecular weight is 259 g/mol. The van der Waals surface area contributed by atoms with E-state index < -0.39 is 0 Å². The van der Waals surface area contributed by atoms with Crippen LogP contribution in [-0.4, -0.2) is 26.9 Å². The Hall–Kier alpha value is -1.75. The lowest BCUT2D eigenvalue weighted by Crippen LogP contribution is -2.36. The van der Waals surface area contributed by atoms with E-state index in [1.54, 1.807) is 0 Å². The van der Waals surface area contributed by atoms with Crippen molar-refractivity contribution in [1.82, 2.24) is 14.5 Å². The lowest BCUT2D eigenvalue weighted by Gasteiger charge is -2.28. The average Bonchev–Trinajstić information content (AvgIpc) is 2.83. The molecule has 18 heavy (non-hydrogen) atoms. The molecule has 0 saturated carbocycles. The van der Waals surface area contributed by atoms with Crippen LogP contribution in [0.2, 0.25) is 0 Å². The minimum Gasteiger partial charge on any atom is -0.333 e. The Kier molecular flexibility index (Phi) is 2.83. The van der Waals surface area contributed by atoms with Crippen LogP contribution in [0.1, 0.15) is 26.5 Å². The van der Waals surface area contributed by atoms with Crippen LogP contribution in [0.15, 0.2) is 24.3 Å². The van der Waals surface area contributed by atoms with Gasteiger partial charge in [-0.3, -0.25) is 4.79 Å². The number of carbonyl (C=O) groups excluding carboxylic acids is 1. The van der Waals surface area contributed by atoms with Gasteiger partial charge in [0.15, 0.2) is 5.69 Å². The Labute approximate surface area is 109 Å². The molecule has 0 bridgehead atoms. The van der Waals surface area contributed by atoms with Crippen molar-refractivity contribution in [2.75, 3.05) is 6.54 Å². The maximum absolute atomic E-state index is 12.3. The van der Waals surface area contributed by atoms with Gasteiger partial charge in [0.05, 0.1) is 4.88 Å². The fourth-order valence-corrected chi connectivity index (χ4v) is 2.71. The predicted octanol–water partition coefficient (Wildman–Crippen LogP) is 2.05. The molecule has 0 spiro atoms. The van der Waals surface area contributed by atoms with Crippen molar-refractivity contribution in [3.05, 3.63) is 46.0 Å². The lowest BCUT2D eigenvalue weighted by molar-refractivity contribution is 0.0728. The van der Waals surface area contributed by atoms with Crippen molar-refractivity contribution in [2.45, 2.75) is 19.9 Å². The molecular weight excluding hydrogens is 246 g/mol. The number of fused-ring (bicyclic) bond motifs is 1. The zero-order valence-electron chi connectivity index (χ0n) is 10.1. The summed E-state index contributed by atoms with van der Waals surface area (Å²) >= 11 is 1.27. The number of aryl methyl sites for hydroxylation is 1. The second-order valence-corrected chi connectivity index (χ2v) is 5.38. The van der Waals surface area contributed by atoms with Crippen LogP contribution in [0.25, 0.3) is 0 Å². The number of benzene rings is 1. The van der Waals surface area contributed by atoms with Crippen LogP contribution in [0.5, 0.6) is 0 Å². The summed E-state index contributed by atoms with van der Waals surface area (Å²) in [6, 6.07) is 8.28. The molecule has 1 aliphatic rings. The van der Waals surface area contributed by atoms with Gasteiger partial charge in [-0.15, -0.1) is 5.10 Å². The largest absolute Gasteiger partial charge is 0.333 e. The summed E-state index contributed by atoms with van der Waals surface area (Å²) in [6.07, 6.45) is 0.915. The highest BCUT2D eigenvalue weighted by Crippen LogP contribution is 2.21. The highest BCUT2D eigenvalue weighted by atomic mass is 32.1. The molecule has 2 heterocycles. The molecule has 2 aromatic rings. The van der Waals surface area contributed by atoms with Crippen molar-refractivity contribution in [1.29, 1.82) is 0 Å². The zero-order valence-corrected chi connectivity index (χ0v) is 10.9. The summed E-state index contributed by atoms with van der Waals surface area (Å²) in [5.74, 6) is -0.00393. The Morgan fingerprint density at radius 1 is 1.33 bits per heavy atom. The number of nitrogens with zero attached hydrogens (tertiary/aromatic N) is 3. The van der Waals surface area contributed by atoms with Crippen molar-refractivity contribution >= 4 is 17.4 Å². The molecule has 0 unspecified atom stereocenters. The molecule has 1 aromatic heterocycles. The summed E-state index contributed by atoms with van der Waals surface area (Å²) in [5, 5.41) is 3.92. The van der Waals surface area contributed by atoms with Gasteiger partial charge in [-0.2, -0.15) is 0 Å². The van der Waals surface area contributed by atoms with E-state index in [0.29, 0.717) is 12.2 Å². The molecule has 0 fully saturated rings. The third kappa shape index (κ3) is 1.90. The van der Waals surface area contributed by atoms with E-state index in [1.807, 2.05) is 24.0 Å². The quantitative estimate of drug-likeness (QED) is 0.787. The lowest BCUT2D eigenvalue weighted by atomic mass is 10.00. The fraction of sp³-hybridized carbons (Fsp3) is 0.308. The Bertz CT molecular complexity index is 593. The monoisotopic (exact) mass is 259 g/mol. The first-order valence-corrected chi connectivity index (χ1v) is 6.68. The van der Waals surface area contributed by atoms with Crippen LogP contribution < -0.4 is 0 Å². The minimum atomic E-state index is -0.00393. The molecule has 1 amide bonds. The SMILES string of the molecule is Cc1snnc1C(=O)N1CCc2ccccc2C1. The highest BCUT2D eigenvalue weighted by Gasteiger charge is 2.24. The molecule has 0 saturated heterocycles. The maximum atomic E-state index is 12.3. The Morgan fingerprint density at radius 3 is 2.83 bits per heavy atom. The van der Waals surface area contributed by atoms with E-state index in [-0.39, 0.29) is 5.91 Å². The molecule has 1 aliphatic heterocycles. The molecule has 5 heteroatoms. The fourth-order valence-electron chi connectivity index (χ4n) is 2.25. The molecule has 0 atom stereocenters. The normalized spacial score (nSPS) is 14.4. The van der Waals surface area contributed by atoms with Crippen molar-refractivity contribution in [2.24, 2.45) is 0 Å². The summed E-state index contributed by atoms with van der Waals surface area (Å²) in [5.41, 5.74) is 3.08. The van der Waals surface area contributed by atoms with Crippen LogP contribution in [0.4, 0.5) is 0 Å². The van der Waals surface area contributed by atoms with E-state index in [4.69, 9.17) is 0 Å². The standard InChI is InChI=1S/C13H13N3OS/c1-9-12(14-15-18-9)13(17)16-7-6-10-4-2-3-5-11(10)8-16/h2-5H,6-8H2,1H3. The second kappa shape index (κ2) is 4.49. The van der Waals surface area contributed by atoms with Gasteiger partial charge >= 0.3 is 0 Å². The number of hydrogen-bond donors (Lipinski definition) is 0. The Balaban J connectivity index is 1.84. The topological polar surface area (TPSA) is 46.1 Å². The van der Waals surface area contributed by atoms with Gasteiger partial charge in [-0.25, -0.2) is 0 Å². The van der Waals surface area contributed by atoms with E-state index in [2.05, 4.69) is 21.7 Å². The first-order chi connectivity index (χ1) is 8.75. The second-order valence-electron chi connectivity index (χ2n) is 4.42. The summed E-state index contributed by atoms with van der Waals surface area (Å²) < 4.78 is 3.83. The van der Waals surface area contributed by atoms with Gasteiger partial charge in [-0.05, 0) is 36.0 Å². The van der Waals surface area contributed by atoms with Crippen molar-refractivity contribution in [3.8, 4) is 0 Å². The van der Waals surface area contributed by atoms with Crippen LogP contribution in [0.3, 0.4) is 0 Å². The first-order valence-electron chi connectivity index (χ1n) is 5.90. The van der Waals surface area contributed by atoms with Crippen LogP contribution in [-0.2, 0) is 13.0 Å². The maximum Gasteiger partial charge on any atom is 0.275 e. The summed E-state index contributed by atoms with van der Waals surface area (Å²) in [7, 11) is 0. The number of carbonyl (C=O) groups is 1.